The first-order valence-corrected chi connectivity index (χ1v) is 24.3. The lowest BCUT2D eigenvalue weighted by atomic mass is 9.73. The molecule has 0 unspecified atom stereocenters. The number of ether oxygens (including phenoxy) is 7. The number of esters is 2. The second kappa shape index (κ2) is 25.7. The van der Waals surface area contributed by atoms with Gasteiger partial charge in [0.05, 0.1) is 24.7 Å². The van der Waals surface area contributed by atoms with Crippen LogP contribution in [0.25, 0.3) is 17.5 Å². The van der Waals surface area contributed by atoms with E-state index in [0.29, 0.717) is 12.2 Å². The topological polar surface area (TPSA) is 237 Å². The van der Waals surface area contributed by atoms with Crippen molar-refractivity contribution in [2.75, 3.05) is 27.2 Å². The number of amides is 1. The third-order valence-corrected chi connectivity index (χ3v) is 13.8. The summed E-state index contributed by atoms with van der Waals surface area (Å²) in [6.07, 6.45) is -0.494. The number of nitrogens with zero attached hydrogens (tertiary/aromatic N) is 3. The van der Waals surface area contributed by atoms with E-state index < -0.39 is 108 Å². The van der Waals surface area contributed by atoms with Gasteiger partial charge in [-0.3, -0.25) is 14.4 Å². The van der Waals surface area contributed by atoms with Crippen LogP contribution in [0.2, 0.25) is 0 Å². The minimum absolute atomic E-state index is 0.0202. The summed E-state index contributed by atoms with van der Waals surface area (Å²) in [5.74, 6) is -5.73. The van der Waals surface area contributed by atoms with Gasteiger partial charge in [0.1, 0.15) is 42.4 Å². The Morgan fingerprint density at radius 1 is 0.972 bits per heavy atom. The number of hydrogen-bond donors (Lipinski definition) is 3. The lowest BCUT2D eigenvalue weighted by Gasteiger charge is -2.48. The molecule has 3 aromatic rings. The van der Waals surface area contributed by atoms with Crippen LogP contribution >= 0.6 is 0 Å². The van der Waals surface area contributed by atoms with E-state index in [-0.39, 0.29) is 38.2 Å². The van der Waals surface area contributed by atoms with Gasteiger partial charge in [0, 0.05) is 48.3 Å². The number of carbonyl (C=O) groups excluding carboxylic acids is 5. The number of nitrogens with one attached hydrogen (secondary N) is 1. The fraction of sp³-hybridized carbons (Fsp3) is 0.566. The Morgan fingerprint density at radius 3 is 2.28 bits per heavy atom. The standard InChI is InChI=1S/C53H73N5O13/c1-11-41-53(8,66-31-59)46(54)34(4)43(61)32(2)28-52(7,71-51(64)57-24-15-19-37-20-22-39(23-21-37)48-55-25-16-26-56-48)47(70-50-44(62)40(58(9)10)27-33(3)67-50)35(5)45(36(6)49(63)68-41)69-42(60)30-65-29-38-17-13-12-14-18-38/h12-23,25-26,31-36,40-41,44-47,50,62H,11,24,27-30,54H2,1-10H3,(H,57,64)/b19-15+/t32-,33-,34+,35+,36-,40+,41-,44-,45+,46-,47-,50+,52-,53-/m1/s1. The molecule has 1 amide bonds. The average Bonchev–Trinajstić information content (AvgIpc) is 3.35. The minimum Gasteiger partial charge on any atom is -0.459 e. The van der Waals surface area contributed by atoms with Gasteiger partial charge in [-0.2, -0.15) is 0 Å². The van der Waals surface area contributed by atoms with E-state index in [0.717, 1.165) is 16.7 Å². The molecule has 0 radical (unpaired) electrons. The van der Waals surface area contributed by atoms with E-state index in [1.807, 2.05) is 86.6 Å². The predicted molar refractivity (Wildman–Crippen MR) is 263 cm³/mol. The molecule has 4 N–H and O–H groups in total. The quantitative estimate of drug-likeness (QED) is 0.0889. The van der Waals surface area contributed by atoms with Gasteiger partial charge in [-0.25, -0.2) is 19.6 Å². The summed E-state index contributed by atoms with van der Waals surface area (Å²) in [5, 5.41) is 14.6. The van der Waals surface area contributed by atoms with Crippen LogP contribution in [0.15, 0.2) is 79.1 Å². The number of nitrogens with two attached hydrogens (primary N) is 1. The zero-order chi connectivity index (χ0) is 52.0. The average molecular weight is 988 g/mol. The number of benzene rings is 2. The highest BCUT2D eigenvalue weighted by atomic mass is 16.7. The molecule has 2 saturated heterocycles. The number of alkyl carbamates (subject to hydrolysis) is 1. The normalized spacial score (nSPS) is 32.1. The van der Waals surface area contributed by atoms with Gasteiger partial charge >= 0.3 is 18.0 Å². The van der Waals surface area contributed by atoms with Gasteiger partial charge in [-0.1, -0.05) is 94.4 Å². The number of cyclic esters (lactones) is 1. The predicted octanol–water partition coefficient (Wildman–Crippen LogP) is 5.68. The lowest BCUT2D eigenvalue weighted by molar-refractivity contribution is -0.298. The maximum atomic E-state index is 14.7. The van der Waals surface area contributed by atoms with Crippen molar-refractivity contribution in [2.45, 2.75) is 141 Å². The van der Waals surface area contributed by atoms with E-state index in [1.54, 1.807) is 59.2 Å². The van der Waals surface area contributed by atoms with E-state index in [2.05, 4.69) is 15.3 Å². The Morgan fingerprint density at radius 2 is 1.65 bits per heavy atom. The molecule has 18 heteroatoms. The van der Waals surface area contributed by atoms with Crippen LogP contribution < -0.4 is 11.1 Å². The van der Waals surface area contributed by atoms with Gasteiger partial charge in [-0.05, 0) is 78.2 Å². The Hall–Kier alpha value is -5.63. The fourth-order valence-electron chi connectivity index (χ4n) is 9.76. The van der Waals surface area contributed by atoms with Crippen molar-refractivity contribution in [1.29, 1.82) is 0 Å². The summed E-state index contributed by atoms with van der Waals surface area (Å²) in [6, 6.07) is 16.9. The first-order valence-electron chi connectivity index (χ1n) is 24.3. The molecule has 18 nitrogen and oxygen atoms in total. The molecular weight excluding hydrogens is 915 g/mol. The maximum Gasteiger partial charge on any atom is 0.408 e. The number of likely N-dealkylation sites (N-methyl/N-ethyl adjacent to an activating group) is 1. The monoisotopic (exact) mass is 988 g/mol. The van der Waals surface area contributed by atoms with Gasteiger partial charge < -0.3 is 54.2 Å². The van der Waals surface area contributed by atoms with Gasteiger partial charge in [0.2, 0.25) is 0 Å². The second-order valence-corrected chi connectivity index (χ2v) is 19.4. The van der Waals surface area contributed by atoms with Crippen LogP contribution in [0.5, 0.6) is 0 Å². The third kappa shape index (κ3) is 14.5. The molecule has 2 aliphatic heterocycles. The van der Waals surface area contributed by atoms with E-state index in [1.165, 1.54) is 13.8 Å². The second-order valence-electron chi connectivity index (χ2n) is 19.4. The zero-order valence-electron chi connectivity index (χ0n) is 42.6. The summed E-state index contributed by atoms with van der Waals surface area (Å²) < 4.78 is 43.3. The Balaban J connectivity index is 1.56. The fourth-order valence-corrected chi connectivity index (χ4v) is 9.76. The maximum absolute atomic E-state index is 14.7. The number of ketones is 1. The molecule has 1 aromatic heterocycles. The van der Waals surface area contributed by atoms with Crippen molar-refractivity contribution in [3.8, 4) is 11.4 Å². The zero-order valence-corrected chi connectivity index (χ0v) is 42.6. The molecule has 0 spiro atoms. The van der Waals surface area contributed by atoms with E-state index in [9.17, 15) is 29.1 Å². The molecule has 71 heavy (non-hydrogen) atoms. The van der Waals surface area contributed by atoms with Crippen molar-refractivity contribution in [2.24, 2.45) is 29.4 Å². The number of aliphatic hydroxyl groups excluding tert-OH is 1. The highest BCUT2D eigenvalue weighted by Crippen LogP contribution is 2.41. The number of hydrogen-bond acceptors (Lipinski definition) is 17. The number of aliphatic hydroxyl groups is 1. The van der Waals surface area contributed by atoms with Crippen LogP contribution in [0.3, 0.4) is 0 Å². The Kier molecular flexibility index (Phi) is 20.3. The van der Waals surface area contributed by atoms with Gasteiger partial charge in [0.25, 0.3) is 6.47 Å². The minimum atomic E-state index is -1.81. The molecule has 5 rings (SSSR count). The van der Waals surface area contributed by atoms with Crippen molar-refractivity contribution >= 4 is 36.4 Å². The first kappa shape index (κ1) is 56.3. The van der Waals surface area contributed by atoms with Crippen molar-refractivity contribution in [3.05, 3.63) is 90.3 Å². The van der Waals surface area contributed by atoms with Crippen molar-refractivity contribution in [1.82, 2.24) is 20.2 Å². The van der Waals surface area contributed by atoms with E-state index in [4.69, 9.17) is 38.9 Å². The lowest BCUT2D eigenvalue weighted by Crippen LogP contribution is -2.63. The highest BCUT2D eigenvalue weighted by Gasteiger charge is 2.54. The van der Waals surface area contributed by atoms with Crippen LogP contribution in [0.1, 0.15) is 85.8 Å². The molecule has 0 bridgehead atoms. The van der Waals surface area contributed by atoms with Crippen LogP contribution in [0.4, 0.5) is 4.79 Å². The molecule has 14 atom stereocenters. The molecule has 2 aliphatic rings. The van der Waals surface area contributed by atoms with Crippen LogP contribution in [0, 0.1) is 23.7 Å². The van der Waals surface area contributed by atoms with Crippen molar-refractivity contribution < 1.29 is 62.2 Å². The third-order valence-electron chi connectivity index (χ3n) is 13.8. The molecule has 2 fully saturated rings. The van der Waals surface area contributed by atoms with E-state index >= 15 is 0 Å². The Labute approximate surface area is 417 Å². The number of aromatic nitrogens is 2. The summed E-state index contributed by atoms with van der Waals surface area (Å²) in [6.45, 7) is 12.9. The summed E-state index contributed by atoms with van der Waals surface area (Å²) in [4.78, 5) is 79.8. The summed E-state index contributed by atoms with van der Waals surface area (Å²) >= 11 is 0. The number of rotatable bonds is 16. The van der Waals surface area contributed by atoms with Crippen LogP contribution in [-0.4, -0.2) is 138 Å². The van der Waals surface area contributed by atoms with Crippen LogP contribution in [-0.2, 0) is 58.9 Å². The number of carbonyl (C=O) groups is 5. The molecule has 3 heterocycles. The Bertz CT molecular complexity index is 2240. The molecule has 2 aromatic carbocycles. The summed E-state index contributed by atoms with van der Waals surface area (Å²) in [5.41, 5.74) is 5.83. The summed E-state index contributed by atoms with van der Waals surface area (Å²) in [7, 11) is 3.65. The SMILES string of the molecule is CC[C@H]1OC(=O)[C@H](C)[C@@H](OC(=O)COCc2ccccc2)[C@H](C)[C@@H](O[C@@H]2O[C@H](C)C[C@H](N(C)C)[C@H]2O)[C@](C)(OC(=O)NC/C=C/c2ccc(-c3ncccn3)cc2)C[C@@H](C)C(=O)[C@H](C)[C@@H](N)[C@]1(C)OC=O. The van der Waals surface area contributed by atoms with Gasteiger partial charge in [-0.15, -0.1) is 0 Å². The largest absolute Gasteiger partial charge is 0.459 e. The highest BCUT2D eigenvalue weighted by molar-refractivity contribution is 5.84. The smallest absolute Gasteiger partial charge is 0.408 e. The van der Waals surface area contributed by atoms with Gasteiger partial charge in [0.15, 0.2) is 17.7 Å². The van der Waals surface area contributed by atoms with Crippen molar-refractivity contribution in [3.63, 3.8) is 0 Å². The molecule has 388 valence electrons. The first-order chi connectivity index (χ1) is 33.7. The molecule has 0 aliphatic carbocycles. The molecular formula is C53H73N5O13. The molecule has 0 saturated carbocycles. The number of Topliss-reactive ketones (excluding diaryl/α,β-unsaturated/α-hetero) is 1.